The summed E-state index contributed by atoms with van der Waals surface area (Å²) in [5.41, 5.74) is 0. The first kappa shape index (κ1) is 59.0. The van der Waals surface area contributed by atoms with Gasteiger partial charge in [-0.3, -0.25) is 28.8 Å². The molecule has 3 rings (SSSR count). The molecule has 0 aliphatic carbocycles. The van der Waals surface area contributed by atoms with E-state index < -0.39 is 36.0 Å². The SMILES string of the molecule is O=C(CCCCCCCCCS)CC(=O)NC1CCOC1=O.O=C(CCCCCCCCCSSCCCCCCCCCC(=O)CC(=O)NC1CCOC1=O)CC(=O)NC1CCOC1=O. The number of esters is 3. The molecule has 0 aromatic rings. The first-order valence-corrected chi connectivity index (χ1v) is 27.9. The number of Topliss-reactive ketones (excluding diaryl/α,β-unsaturated/α-hetero) is 3. The highest BCUT2D eigenvalue weighted by molar-refractivity contribution is 8.76. The van der Waals surface area contributed by atoms with Gasteiger partial charge in [-0.15, -0.1) is 0 Å². The molecule has 3 aliphatic rings. The molecule has 3 heterocycles. The third kappa shape index (κ3) is 31.0. The molecule has 15 nitrogen and oxygen atoms in total. The van der Waals surface area contributed by atoms with Crippen LogP contribution in [0, 0.1) is 0 Å². The Kier molecular flexibility index (Phi) is 34.7. The predicted octanol–water partition coefficient (Wildman–Crippen LogP) is 7.82. The molecule has 3 fully saturated rings. The van der Waals surface area contributed by atoms with E-state index in [-0.39, 0.29) is 54.3 Å². The molecule has 3 N–H and O–H groups in total. The molecule has 0 saturated carbocycles. The number of carbonyl (C=O) groups is 9. The monoisotopic (exact) mass is 985 g/mol. The van der Waals surface area contributed by atoms with E-state index in [1.165, 1.54) is 88.6 Å². The maximum Gasteiger partial charge on any atom is 0.328 e. The van der Waals surface area contributed by atoms with E-state index in [1.54, 1.807) is 0 Å². The summed E-state index contributed by atoms with van der Waals surface area (Å²) in [6.45, 7) is 0.984. The number of ether oxygens (including phenoxy) is 3. The Morgan fingerprint density at radius 2 is 0.667 bits per heavy atom. The number of carbonyl (C=O) groups excluding carboxylic acids is 9. The van der Waals surface area contributed by atoms with E-state index in [1.807, 2.05) is 21.6 Å². The molecular weight excluding hydrogens is 907 g/mol. The summed E-state index contributed by atoms with van der Waals surface area (Å²) in [4.78, 5) is 105. The number of rotatable bonds is 39. The third-order valence-corrected chi connectivity index (χ3v) is 14.3. The fraction of sp³-hybridized carbons (Fsp3) is 0.812. The molecule has 3 saturated heterocycles. The topological polar surface area (TPSA) is 217 Å². The number of amides is 3. The second kappa shape index (κ2) is 38.8. The van der Waals surface area contributed by atoms with Crippen LogP contribution in [0.15, 0.2) is 0 Å². The Morgan fingerprint density at radius 3 is 0.924 bits per heavy atom. The molecular formula is C48H79N3O12S3. The van der Waals surface area contributed by atoms with Gasteiger partial charge in [0.15, 0.2) is 0 Å². The molecule has 66 heavy (non-hydrogen) atoms. The summed E-state index contributed by atoms with van der Waals surface area (Å²) in [6, 6.07) is -1.76. The zero-order chi connectivity index (χ0) is 48.0. The van der Waals surface area contributed by atoms with Crippen molar-refractivity contribution in [1.29, 1.82) is 0 Å². The minimum atomic E-state index is -0.596. The van der Waals surface area contributed by atoms with Gasteiger partial charge in [0.2, 0.25) is 17.7 Å². The van der Waals surface area contributed by atoms with Crippen LogP contribution in [0.25, 0.3) is 0 Å². The molecule has 0 aromatic carbocycles. The lowest BCUT2D eigenvalue weighted by molar-refractivity contribution is -0.142. The van der Waals surface area contributed by atoms with E-state index in [9.17, 15) is 43.2 Å². The Morgan fingerprint density at radius 1 is 0.409 bits per heavy atom. The van der Waals surface area contributed by atoms with E-state index >= 15 is 0 Å². The Bertz CT molecular complexity index is 1410. The van der Waals surface area contributed by atoms with Crippen molar-refractivity contribution in [3.8, 4) is 0 Å². The maximum absolute atomic E-state index is 12.0. The molecule has 3 unspecified atom stereocenters. The van der Waals surface area contributed by atoms with Crippen molar-refractivity contribution in [1.82, 2.24) is 16.0 Å². The van der Waals surface area contributed by atoms with Crippen LogP contribution in [0.1, 0.15) is 193 Å². The van der Waals surface area contributed by atoms with Crippen molar-refractivity contribution in [2.75, 3.05) is 37.1 Å². The van der Waals surface area contributed by atoms with Crippen LogP contribution in [0.5, 0.6) is 0 Å². The van der Waals surface area contributed by atoms with Gasteiger partial charge in [0.05, 0.1) is 39.1 Å². The van der Waals surface area contributed by atoms with Gasteiger partial charge in [-0.1, -0.05) is 118 Å². The molecule has 0 spiro atoms. The molecule has 18 heteroatoms. The van der Waals surface area contributed by atoms with Crippen LogP contribution in [-0.2, 0) is 57.4 Å². The molecule has 3 amide bonds. The molecule has 0 bridgehead atoms. The lowest BCUT2D eigenvalue weighted by atomic mass is 10.1. The average Bonchev–Trinajstić information content (AvgIpc) is 4.01. The summed E-state index contributed by atoms with van der Waals surface area (Å²) in [7, 11) is 3.94. The van der Waals surface area contributed by atoms with Crippen LogP contribution in [0.3, 0.4) is 0 Å². The Labute approximate surface area is 406 Å². The summed E-state index contributed by atoms with van der Waals surface area (Å²) in [5, 5.41) is 7.70. The van der Waals surface area contributed by atoms with Crippen LogP contribution in [0.4, 0.5) is 0 Å². The van der Waals surface area contributed by atoms with Gasteiger partial charge < -0.3 is 30.2 Å². The van der Waals surface area contributed by atoms with Gasteiger partial charge in [-0.05, 0) is 44.3 Å². The highest BCUT2D eigenvalue weighted by atomic mass is 33.1. The number of thiol groups is 1. The van der Waals surface area contributed by atoms with E-state index in [4.69, 9.17) is 14.2 Å². The van der Waals surface area contributed by atoms with Gasteiger partial charge >= 0.3 is 17.9 Å². The van der Waals surface area contributed by atoms with E-state index in [0.29, 0.717) is 58.3 Å². The van der Waals surface area contributed by atoms with Gasteiger partial charge in [-0.25, -0.2) is 14.4 Å². The lowest BCUT2D eigenvalue weighted by Crippen LogP contribution is -2.38. The van der Waals surface area contributed by atoms with Gasteiger partial charge in [-0.2, -0.15) is 12.6 Å². The standard InChI is InChI=1S/C32H52N2O8S2.C16H27NO4S/c35-25(23-29(37)33-27-17-19-41-31(27)39)15-11-7-3-1-5-9-13-21-43-44-22-14-10-6-2-4-8-12-16-26(36)24-30(38)34-28-18-20-42-32(28)40;18-13(8-6-4-2-1-3-5-7-11-22)12-15(19)17-14-9-10-21-16(14)20/h27-28H,1-24H2,(H,33,37)(H,34,38);14,22H,1-12H2,(H,17,19). The second-order valence-electron chi connectivity index (χ2n) is 17.4. The van der Waals surface area contributed by atoms with Crippen molar-refractivity contribution in [3.05, 3.63) is 0 Å². The summed E-state index contributed by atoms with van der Waals surface area (Å²) in [6.07, 6.45) is 25.8. The number of hydrogen-bond acceptors (Lipinski definition) is 15. The van der Waals surface area contributed by atoms with Gasteiger partial charge in [0.25, 0.3) is 0 Å². The minimum Gasteiger partial charge on any atom is -0.464 e. The zero-order valence-corrected chi connectivity index (χ0v) is 41.9. The summed E-state index contributed by atoms with van der Waals surface area (Å²) in [5.74, 6) is 0.754. The number of ketones is 3. The minimum absolute atomic E-state index is 0.0565. The Balaban J connectivity index is 0.000000568. The van der Waals surface area contributed by atoms with Crippen molar-refractivity contribution in [2.24, 2.45) is 0 Å². The van der Waals surface area contributed by atoms with Crippen molar-refractivity contribution in [2.45, 2.75) is 211 Å². The summed E-state index contributed by atoms with van der Waals surface area (Å²) < 4.78 is 14.4. The van der Waals surface area contributed by atoms with E-state index in [0.717, 1.165) is 63.5 Å². The van der Waals surface area contributed by atoms with E-state index in [2.05, 4.69) is 28.6 Å². The van der Waals surface area contributed by atoms with Crippen LogP contribution >= 0.6 is 34.2 Å². The van der Waals surface area contributed by atoms with Crippen LogP contribution in [-0.4, -0.2) is 108 Å². The molecule has 3 atom stereocenters. The van der Waals surface area contributed by atoms with Crippen LogP contribution in [0.2, 0.25) is 0 Å². The maximum atomic E-state index is 12.0. The normalized spacial score (nSPS) is 17.6. The first-order chi connectivity index (χ1) is 32.0. The quantitative estimate of drug-likeness (QED) is 0.0115. The lowest BCUT2D eigenvalue weighted by Gasteiger charge is -2.08. The average molecular weight is 986 g/mol. The van der Waals surface area contributed by atoms with Crippen molar-refractivity contribution in [3.63, 3.8) is 0 Å². The first-order valence-electron chi connectivity index (χ1n) is 24.8. The Hall–Kier alpha value is -3.12. The van der Waals surface area contributed by atoms with Gasteiger partial charge in [0, 0.05) is 50.0 Å². The molecule has 0 aromatic heterocycles. The smallest absolute Gasteiger partial charge is 0.328 e. The predicted molar refractivity (Wildman–Crippen MR) is 261 cm³/mol. The van der Waals surface area contributed by atoms with Crippen molar-refractivity contribution >= 4 is 87.2 Å². The van der Waals surface area contributed by atoms with Crippen LogP contribution < -0.4 is 16.0 Å². The van der Waals surface area contributed by atoms with Gasteiger partial charge in [0.1, 0.15) is 35.5 Å². The van der Waals surface area contributed by atoms with Crippen molar-refractivity contribution < 1.29 is 57.4 Å². The largest absolute Gasteiger partial charge is 0.464 e. The third-order valence-electron chi connectivity index (χ3n) is 11.4. The molecule has 0 radical (unpaired) electrons. The zero-order valence-electron chi connectivity index (χ0n) is 39.4. The summed E-state index contributed by atoms with van der Waals surface area (Å²) >= 11 is 4.17. The number of unbranched alkanes of at least 4 members (excludes halogenated alkanes) is 18. The highest BCUT2D eigenvalue weighted by Gasteiger charge is 2.30. The number of nitrogens with one attached hydrogen (secondary N) is 3. The second-order valence-corrected chi connectivity index (χ2v) is 20.6. The molecule has 376 valence electrons. The fourth-order valence-electron chi connectivity index (χ4n) is 7.59. The highest BCUT2D eigenvalue weighted by Crippen LogP contribution is 2.25. The molecule has 3 aliphatic heterocycles. The number of hydrogen-bond donors (Lipinski definition) is 4. The number of cyclic esters (lactones) is 3. The fourth-order valence-corrected chi connectivity index (χ4v) is 10.1.